The molecule has 1 amide bonds. The van der Waals surface area contributed by atoms with E-state index >= 15 is 0 Å². The van der Waals surface area contributed by atoms with Gasteiger partial charge in [0.05, 0.1) is 34.5 Å². The van der Waals surface area contributed by atoms with Gasteiger partial charge < -0.3 is 19.7 Å². The number of ether oxygens (including phenoxy) is 2. The van der Waals surface area contributed by atoms with Crippen molar-refractivity contribution in [1.82, 2.24) is 4.31 Å². The summed E-state index contributed by atoms with van der Waals surface area (Å²) in [6, 6.07) is 11.7. The van der Waals surface area contributed by atoms with E-state index < -0.39 is 15.9 Å². The standard InChI is InChI=1S/C22H28ClN3O5S/c1-3-26(4-2)32(28,29)17-9-10-20(25-11-13-30-14-12-25)19(15-17)24-22(27)16-31-21-8-6-5-7-18(21)23/h5-10,15H,3-4,11-14,16H2,1-2H3,(H,24,27). The van der Waals surface area contributed by atoms with Gasteiger partial charge in [-0.25, -0.2) is 8.42 Å². The van der Waals surface area contributed by atoms with Gasteiger partial charge >= 0.3 is 0 Å². The monoisotopic (exact) mass is 481 g/mol. The Morgan fingerprint density at radius 3 is 2.50 bits per heavy atom. The number of hydrogen-bond acceptors (Lipinski definition) is 6. The molecule has 0 unspecified atom stereocenters. The van der Waals surface area contributed by atoms with Crippen molar-refractivity contribution in [3.63, 3.8) is 0 Å². The number of nitrogens with one attached hydrogen (secondary N) is 1. The number of rotatable bonds is 9. The van der Waals surface area contributed by atoms with Gasteiger partial charge in [-0.1, -0.05) is 37.6 Å². The first-order valence-electron chi connectivity index (χ1n) is 10.5. The number of carbonyl (C=O) groups excluding carboxylic acids is 1. The van der Waals surface area contributed by atoms with Crippen molar-refractivity contribution >= 4 is 38.9 Å². The molecule has 1 aliphatic rings. The number of carbonyl (C=O) groups is 1. The smallest absolute Gasteiger partial charge is 0.262 e. The molecule has 32 heavy (non-hydrogen) atoms. The number of hydrogen-bond donors (Lipinski definition) is 1. The maximum absolute atomic E-state index is 13.0. The van der Waals surface area contributed by atoms with E-state index in [1.165, 1.54) is 10.4 Å². The van der Waals surface area contributed by atoms with Gasteiger partial charge in [-0.2, -0.15) is 4.31 Å². The van der Waals surface area contributed by atoms with Crippen LogP contribution in [-0.2, 0) is 19.6 Å². The van der Waals surface area contributed by atoms with Crippen LogP contribution in [0.2, 0.25) is 5.02 Å². The summed E-state index contributed by atoms with van der Waals surface area (Å²) in [7, 11) is -3.68. The minimum atomic E-state index is -3.68. The largest absolute Gasteiger partial charge is 0.482 e. The van der Waals surface area contributed by atoms with Crippen LogP contribution in [0.3, 0.4) is 0 Å². The number of sulfonamides is 1. The third kappa shape index (κ3) is 5.72. The minimum Gasteiger partial charge on any atom is -0.482 e. The van der Waals surface area contributed by atoms with E-state index in [2.05, 4.69) is 10.2 Å². The zero-order valence-corrected chi connectivity index (χ0v) is 19.8. The molecule has 2 aromatic carbocycles. The van der Waals surface area contributed by atoms with Crippen molar-refractivity contribution in [2.45, 2.75) is 18.7 Å². The Labute approximate surface area is 194 Å². The maximum atomic E-state index is 13.0. The summed E-state index contributed by atoms with van der Waals surface area (Å²) in [6.45, 7) is 6.43. The first-order chi connectivity index (χ1) is 15.4. The molecule has 1 saturated heterocycles. The summed E-state index contributed by atoms with van der Waals surface area (Å²) in [5, 5.41) is 3.22. The molecule has 2 aromatic rings. The predicted octanol–water partition coefficient (Wildman–Crippen LogP) is 3.22. The SMILES string of the molecule is CCN(CC)S(=O)(=O)c1ccc(N2CCOCC2)c(NC(=O)COc2ccccc2Cl)c1. The van der Waals surface area contributed by atoms with Gasteiger partial charge in [0.2, 0.25) is 10.0 Å². The Bertz CT molecular complexity index is 1040. The Morgan fingerprint density at radius 1 is 1.16 bits per heavy atom. The van der Waals surface area contributed by atoms with Crippen molar-refractivity contribution in [1.29, 1.82) is 0 Å². The third-order valence-electron chi connectivity index (χ3n) is 5.13. The number of nitrogens with zero attached hydrogens (tertiary/aromatic N) is 2. The van der Waals surface area contributed by atoms with E-state index in [-0.39, 0.29) is 11.5 Å². The molecule has 1 fully saturated rings. The summed E-state index contributed by atoms with van der Waals surface area (Å²) in [4.78, 5) is 14.8. The molecular weight excluding hydrogens is 454 g/mol. The second-order valence-electron chi connectivity index (χ2n) is 7.13. The molecule has 174 valence electrons. The fourth-order valence-corrected chi connectivity index (χ4v) is 5.13. The lowest BCUT2D eigenvalue weighted by Crippen LogP contribution is -2.37. The zero-order chi connectivity index (χ0) is 23.1. The molecule has 0 aromatic heterocycles. The van der Waals surface area contributed by atoms with Gasteiger partial charge in [0.1, 0.15) is 5.75 Å². The van der Waals surface area contributed by atoms with Crippen molar-refractivity contribution < 1.29 is 22.7 Å². The number of benzene rings is 2. The Balaban J connectivity index is 1.86. The van der Waals surface area contributed by atoms with E-state index in [0.29, 0.717) is 55.9 Å². The summed E-state index contributed by atoms with van der Waals surface area (Å²) in [6.07, 6.45) is 0. The van der Waals surface area contributed by atoms with Gasteiger partial charge in [-0.15, -0.1) is 0 Å². The van der Waals surface area contributed by atoms with E-state index in [1.54, 1.807) is 50.2 Å². The zero-order valence-electron chi connectivity index (χ0n) is 18.2. The van der Waals surface area contributed by atoms with Crippen LogP contribution in [0.4, 0.5) is 11.4 Å². The molecule has 3 rings (SSSR count). The highest BCUT2D eigenvalue weighted by Crippen LogP contribution is 2.31. The molecule has 0 aliphatic carbocycles. The molecule has 0 saturated carbocycles. The molecule has 0 spiro atoms. The Kier molecular flexibility index (Phi) is 8.36. The van der Waals surface area contributed by atoms with Crippen LogP contribution < -0.4 is 15.0 Å². The first-order valence-corrected chi connectivity index (χ1v) is 12.3. The summed E-state index contributed by atoms with van der Waals surface area (Å²) >= 11 is 6.08. The summed E-state index contributed by atoms with van der Waals surface area (Å²) in [5.41, 5.74) is 1.14. The number of anilines is 2. The number of amides is 1. The molecule has 1 N–H and O–H groups in total. The lowest BCUT2D eigenvalue weighted by molar-refractivity contribution is -0.118. The molecule has 0 bridgehead atoms. The van der Waals surface area contributed by atoms with Gasteiger partial charge in [-0.3, -0.25) is 4.79 Å². The average molecular weight is 482 g/mol. The number of morpholine rings is 1. The third-order valence-corrected chi connectivity index (χ3v) is 7.49. The first kappa shape index (κ1) is 24.3. The summed E-state index contributed by atoms with van der Waals surface area (Å²) < 4.78 is 38.3. The fraction of sp³-hybridized carbons (Fsp3) is 0.409. The maximum Gasteiger partial charge on any atom is 0.262 e. The van der Waals surface area contributed by atoms with E-state index in [9.17, 15) is 13.2 Å². The van der Waals surface area contributed by atoms with Gasteiger partial charge in [0.25, 0.3) is 5.91 Å². The lowest BCUT2D eigenvalue weighted by Gasteiger charge is -2.31. The van der Waals surface area contributed by atoms with Crippen LogP contribution in [0.5, 0.6) is 5.75 Å². The predicted molar refractivity (Wildman–Crippen MR) is 125 cm³/mol. The highest BCUT2D eigenvalue weighted by Gasteiger charge is 2.25. The highest BCUT2D eigenvalue weighted by molar-refractivity contribution is 7.89. The van der Waals surface area contributed by atoms with Crippen molar-refractivity contribution in [3.05, 3.63) is 47.5 Å². The lowest BCUT2D eigenvalue weighted by atomic mass is 10.2. The number of para-hydroxylation sites is 1. The van der Waals surface area contributed by atoms with Crippen LogP contribution in [0, 0.1) is 0 Å². The van der Waals surface area contributed by atoms with Crippen LogP contribution in [0.1, 0.15) is 13.8 Å². The van der Waals surface area contributed by atoms with Crippen molar-refractivity contribution in [3.8, 4) is 5.75 Å². The highest BCUT2D eigenvalue weighted by atomic mass is 35.5. The molecule has 1 aliphatic heterocycles. The molecular formula is C22H28ClN3O5S. The quantitative estimate of drug-likeness (QED) is 0.591. The Morgan fingerprint density at radius 2 is 1.84 bits per heavy atom. The summed E-state index contributed by atoms with van der Waals surface area (Å²) in [5.74, 6) is -0.0209. The van der Waals surface area contributed by atoms with Crippen LogP contribution in [-0.4, -0.2) is 64.6 Å². The van der Waals surface area contributed by atoms with Gasteiger partial charge in [-0.05, 0) is 30.3 Å². The van der Waals surface area contributed by atoms with Crippen LogP contribution in [0.15, 0.2) is 47.4 Å². The second kappa shape index (κ2) is 11.0. The normalized spacial score (nSPS) is 14.4. The number of halogens is 1. The Hall–Kier alpha value is -2.33. The fourth-order valence-electron chi connectivity index (χ4n) is 3.46. The average Bonchev–Trinajstić information content (AvgIpc) is 2.79. The molecule has 0 atom stereocenters. The van der Waals surface area contributed by atoms with Gasteiger partial charge in [0, 0.05) is 26.2 Å². The van der Waals surface area contributed by atoms with E-state index in [1.807, 2.05) is 0 Å². The van der Waals surface area contributed by atoms with Crippen molar-refractivity contribution in [2.75, 3.05) is 56.2 Å². The van der Waals surface area contributed by atoms with Crippen LogP contribution in [0.25, 0.3) is 0 Å². The van der Waals surface area contributed by atoms with E-state index in [4.69, 9.17) is 21.1 Å². The molecule has 0 radical (unpaired) electrons. The van der Waals surface area contributed by atoms with Crippen molar-refractivity contribution in [2.24, 2.45) is 0 Å². The molecule has 8 nitrogen and oxygen atoms in total. The molecule has 10 heteroatoms. The minimum absolute atomic E-state index is 0.125. The molecule has 1 heterocycles. The second-order valence-corrected chi connectivity index (χ2v) is 9.48. The van der Waals surface area contributed by atoms with E-state index in [0.717, 1.165) is 5.69 Å². The topological polar surface area (TPSA) is 88.2 Å². The van der Waals surface area contributed by atoms with Crippen LogP contribution >= 0.6 is 11.6 Å². The van der Waals surface area contributed by atoms with Gasteiger partial charge in [0.15, 0.2) is 6.61 Å².